The second kappa shape index (κ2) is 7.61. The number of carbonyl (C=O) groups is 1. The fraction of sp³-hybridized carbons (Fsp3) is 0.833. The highest BCUT2D eigenvalue weighted by Crippen LogP contribution is 1.99. The molecule has 0 aromatic carbocycles. The third-order valence-corrected chi connectivity index (χ3v) is 1.38. The van der Waals surface area contributed by atoms with E-state index in [1.54, 1.807) is 0 Å². The molecule has 72 valence electrons. The summed E-state index contributed by atoms with van der Waals surface area (Å²) in [7, 11) is 0. The number of rotatable bonds is 6. The van der Waals surface area contributed by atoms with E-state index in [1.807, 2.05) is 0 Å². The second-order valence-electron chi connectivity index (χ2n) is 1.93. The Morgan fingerprint density at radius 1 is 1.50 bits per heavy atom. The molecule has 0 saturated carbocycles. The van der Waals surface area contributed by atoms with E-state index in [9.17, 15) is 4.79 Å². The van der Waals surface area contributed by atoms with Crippen molar-refractivity contribution >= 4 is 29.1 Å². The van der Waals surface area contributed by atoms with Gasteiger partial charge in [0.1, 0.15) is 0 Å². The molecule has 0 aliphatic carbocycles. The summed E-state index contributed by atoms with van der Waals surface area (Å²) >= 11 is 10.5. The van der Waals surface area contributed by atoms with Gasteiger partial charge in [0.25, 0.3) is 5.91 Å². The van der Waals surface area contributed by atoms with Crippen LogP contribution in [0, 0.1) is 0 Å². The van der Waals surface area contributed by atoms with E-state index in [0.717, 1.165) is 0 Å². The molecule has 0 aliphatic rings. The Morgan fingerprint density at radius 2 is 2.17 bits per heavy atom. The van der Waals surface area contributed by atoms with Gasteiger partial charge in [0.05, 0.1) is 19.8 Å². The lowest BCUT2D eigenvalue weighted by molar-refractivity contribution is -0.119. The summed E-state index contributed by atoms with van der Waals surface area (Å²) in [5.74, 6) is -0.439. The maximum absolute atomic E-state index is 10.7. The van der Waals surface area contributed by atoms with Gasteiger partial charge >= 0.3 is 0 Å². The molecule has 1 amide bonds. The van der Waals surface area contributed by atoms with Crippen LogP contribution in [-0.2, 0) is 9.53 Å². The van der Waals surface area contributed by atoms with Crippen molar-refractivity contribution in [2.45, 2.75) is 4.84 Å². The minimum absolute atomic E-state index is 0.0262. The van der Waals surface area contributed by atoms with Gasteiger partial charge in [-0.15, -0.1) is 0 Å². The maximum atomic E-state index is 10.7. The van der Waals surface area contributed by atoms with E-state index in [1.165, 1.54) is 0 Å². The molecule has 2 N–H and O–H groups in total. The van der Waals surface area contributed by atoms with Crippen LogP contribution in [0.5, 0.6) is 0 Å². The fourth-order valence-electron chi connectivity index (χ4n) is 0.490. The monoisotopic (exact) mass is 215 g/mol. The minimum atomic E-state index is -1.04. The van der Waals surface area contributed by atoms with Crippen LogP contribution in [-0.4, -0.2) is 42.2 Å². The summed E-state index contributed by atoms with van der Waals surface area (Å²) in [6, 6.07) is 0. The van der Waals surface area contributed by atoms with Crippen LogP contribution in [0.4, 0.5) is 0 Å². The molecule has 0 spiro atoms. The van der Waals surface area contributed by atoms with Crippen LogP contribution < -0.4 is 5.32 Å². The molecule has 12 heavy (non-hydrogen) atoms. The number of ether oxygens (including phenoxy) is 1. The molecule has 0 bridgehead atoms. The lowest BCUT2D eigenvalue weighted by atomic mass is 10.6. The van der Waals surface area contributed by atoms with Gasteiger partial charge in [-0.25, -0.2) is 0 Å². The summed E-state index contributed by atoms with van der Waals surface area (Å²) < 4.78 is 4.86. The number of amides is 1. The Hall–Kier alpha value is -0.0300. The van der Waals surface area contributed by atoms with Gasteiger partial charge in [0, 0.05) is 6.54 Å². The SMILES string of the molecule is O=C(NCCOCCO)C(Cl)Cl. The van der Waals surface area contributed by atoms with Crippen LogP contribution in [0.1, 0.15) is 0 Å². The third kappa shape index (κ3) is 6.67. The van der Waals surface area contributed by atoms with E-state index < -0.39 is 10.7 Å². The van der Waals surface area contributed by atoms with Crippen LogP contribution in [0.2, 0.25) is 0 Å². The van der Waals surface area contributed by atoms with Crippen LogP contribution in [0.25, 0.3) is 0 Å². The van der Waals surface area contributed by atoms with Crippen molar-refractivity contribution in [2.24, 2.45) is 0 Å². The van der Waals surface area contributed by atoms with Crippen molar-refractivity contribution in [2.75, 3.05) is 26.4 Å². The molecule has 0 heterocycles. The van der Waals surface area contributed by atoms with E-state index >= 15 is 0 Å². The van der Waals surface area contributed by atoms with Gasteiger partial charge in [-0.3, -0.25) is 4.79 Å². The van der Waals surface area contributed by atoms with Crippen molar-refractivity contribution in [1.82, 2.24) is 5.32 Å². The summed E-state index contributed by atoms with van der Waals surface area (Å²) in [5, 5.41) is 10.7. The average molecular weight is 216 g/mol. The number of nitrogens with one attached hydrogen (secondary N) is 1. The van der Waals surface area contributed by atoms with Crippen LogP contribution in [0.15, 0.2) is 0 Å². The quantitative estimate of drug-likeness (QED) is 0.482. The zero-order valence-electron chi connectivity index (χ0n) is 6.43. The molecule has 0 fully saturated rings. The van der Waals surface area contributed by atoms with E-state index in [2.05, 4.69) is 5.32 Å². The number of aliphatic hydroxyl groups is 1. The highest BCUT2D eigenvalue weighted by atomic mass is 35.5. The standard InChI is InChI=1S/C6H11Cl2NO3/c7-5(8)6(11)9-1-3-12-4-2-10/h5,10H,1-4H2,(H,9,11). The fourth-order valence-corrected chi connectivity index (χ4v) is 0.644. The minimum Gasteiger partial charge on any atom is -0.394 e. The lowest BCUT2D eigenvalue weighted by Gasteiger charge is -2.05. The predicted octanol–water partition coefficient (Wildman–Crippen LogP) is -0.0848. The normalized spacial score (nSPS) is 10.3. The topological polar surface area (TPSA) is 58.6 Å². The Labute approximate surface area is 80.8 Å². The van der Waals surface area contributed by atoms with Crippen molar-refractivity contribution in [3.63, 3.8) is 0 Å². The predicted molar refractivity (Wildman–Crippen MR) is 46.4 cm³/mol. The van der Waals surface area contributed by atoms with Crippen LogP contribution >= 0.6 is 23.2 Å². The van der Waals surface area contributed by atoms with Gasteiger partial charge in [-0.05, 0) is 0 Å². The zero-order valence-corrected chi connectivity index (χ0v) is 7.94. The second-order valence-corrected chi connectivity index (χ2v) is 3.02. The Kier molecular flexibility index (Phi) is 7.59. The van der Waals surface area contributed by atoms with E-state index in [4.69, 9.17) is 33.0 Å². The molecule has 0 aromatic rings. The molecule has 0 saturated heterocycles. The Bertz CT molecular complexity index is 132. The zero-order chi connectivity index (χ0) is 9.40. The highest BCUT2D eigenvalue weighted by Gasteiger charge is 2.09. The number of aliphatic hydroxyl groups excluding tert-OH is 1. The first-order valence-corrected chi connectivity index (χ1v) is 4.30. The van der Waals surface area contributed by atoms with Gasteiger partial charge in [0.15, 0.2) is 4.84 Å². The molecular formula is C6H11Cl2NO3. The maximum Gasteiger partial charge on any atom is 0.253 e. The number of hydrogen-bond acceptors (Lipinski definition) is 3. The van der Waals surface area contributed by atoms with E-state index in [0.29, 0.717) is 13.2 Å². The van der Waals surface area contributed by atoms with Crippen molar-refractivity contribution < 1.29 is 14.6 Å². The lowest BCUT2D eigenvalue weighted by Crippen LogP contribution is -2.31. The first-order valence-electron chi connectivity index (χ1n) is 3.43. The molecule has 0 atom stereocenters. The molecular weight excluding hydrogens is 205 g/mol. The first-order chi connectivity index (χ1) is 5.68. The Morgan fingerprint density at radius 3 is 2.67 bits per heavy atom. The van der Waals surface area contributed by atoms with Gasteiger partial charge in [0.2, 0.25) is 0 Å². The van der Waals surface area contributed by atoms with Gasteiger partial charge in [-0.1, -0.05) is 23.2 Å². The highest BCUT2D eigenvalue weighted by molar-refractivity contribution is 6.53. The molecule has 0 radical (unpaired) electrons. The third-order valence-electron chi connectivity index (χ3n) is 0.979. The van der Waals surface area contributed by atoms with Gasteiger partial charge in [-0.2, -0.15) is 0 Å². The Balaban J connectivity index is 3.14. The average Bonchev–Trinajstić information content (AvgIpc) is 2.03. The number of carbonyl (C=O) groups excluding carboxylic acids is 1. The number of halogens is 2. The summed E-state index contributed by atoms with van der Waals surface area (Å²) in [6.07, 6.45) is 0. The molecule has 4 nitrogen and oxygen atoms in total. The summed E-state index contributed by atoms with van der Waals surface area (Å²) in [5.41, 5.74) is 0. The molecule has 0 unspecified atom stereocenters. The number of alkyl halides is 2. The van der Waals surface area contributed by atoms with Crippen LogP contribution in [0.3, 0.4) is 0 Å². The van der Waals surface area contributed by atoms with Crippen molar-refractivity contribution in [1.29, 1.82) is 0 Å². The smallest absolute Gasteiger partial charge is 0.253 e. The largest absolute Gasteiger partial charge is 0.394 e. The molecule has 0 rings (SSSR count). The molecule has 6 heteroatoms. The molecule has 0 aromatic heterocycles. The van der Waals surface area contributed by atoms with Gasteiger partial charge < -0.3 is 15.2 Å². The van der Waals surface area contributed by atoms with E-state index in [-0.39, 0.29) is 13.2 Å². The van der Waals surface area contributed by atoms with Crippen molar-refractivity contribution in [3.8, 4) is 0 Å². The van der Waals surface area contributed by atoms with Crippen molar-refractivity contribution in [3.05, 3.63) is 0 Å². The number of hydrogen-bond donors (Lipinski definition) is 2. The summed E-state index contributed by atoms with van der Waals surface area (Å²) in [4.78, 5) is 9.66. The first kappa shape index (κ1) is 12.0. The summed E-state index contributed by atoms with van der Waals surface area (Å²) in [6.45, 7) is 0.921. The molecule has 0 aliphatic heterocycles.